The Bertz CT molecular complexity index is 783. The second kappa shape index (κ2) is 8.24. The lowest BCUT2D eigenvalue weighted by molar-refractivity contribution is -0.138. The molecule has 0 atom stereocenters. The molecule has 0 unspecified atom stereocenters. The minimum atomic E-state index is -3.65. The molecule has 2 heterocycles. The Balaban J connectivity index is 1.59. The van der Waals surface area contributed by atoms with Crippen LogP contribution in [0.3, 0.4) is 0 Å². The Morgan fingerprint density at radius 2 is 1.74 bits per heavy atom. The highest BCUT2D eigenvalue weighted by Crippen LogP contribution is 2.26. The van der Waals surface area contributed by atoms with E-state index in [0.29, 0.717) is 31.5 Å². The molecular formula is C19H28FN3O3S. The standard InChI is InChI=1S/C19H28FN3O3S/c1-3-21-10-12-22(13-11-21)19(24)16-6-8-23(9-7-16)27(25,26)17-4-5-18(20)15(2)14-17/h4-5,14,16H,3,6-13H2,1-2H3. The SMILES string of the molecule is CCN1CCN(C(=O)C2CCN(S(=O)(=O)c3ccc(F)c(C)c3)CC2)CC1. The molecule has 2 aliphatic rings. The number of benzene rings is 1. The number of amides is 1. The molecule has 1 aromatic rings. The van der Waals surface area contributed by atoms with Crippen molar-refractivity contribution in [3.63, 3.8) is 0 Å². The number of nitrogens with zero attached hydrogens (tertiary/aromatic N) is 3. The van der Waals surface area contributed by atoms with Crippen molar-refractivity contribution >= 4 is 15.9 Å². The zero-order valence-corrected chi connectivity index (χ0v) is 16.8. The fourth-order valence-corrected chi connectivity index (χ4v) is 5.37. The van der Waals surface area contributed by atoms with E-state index in [4.69, 9.17) is 0 Å². The number of carbonyl (C=O) groups is 1. The Hall–Kier alpha value is -1.51. The first-order valence-corrected chi connectivity index (χ1v) is 11.0. The number of carbonyl (C=O) groups excluding carboxylic acids is 1. The first-order chi connectivity index (χ1) is 12.8. The Morgan fingerprint density at radius 1 is 1.11 bits per heavy atom. The lowest BCUT2D eigenvalue weighted by atomic mass is 9.96. The van der Waals surface area contributed by atoms with Gasteiger partial charge in [0.2, 0.25) is 15.9 Å². The van der Waals surface area contributed by atoms with Crippen LogP contribution in [0.5, 0.6) is 0 Å². The van der Waals surface area contributed by atoms with Crippen LogP contribution >= 0.6 is 0 Å². The van der Waals surface area contributed by atoms with E-state index in [1.165, 1.54) is 22.5 Å². The van der Waals surface area contributed by atoms with Crippen molar-refractivity contribution in [2.45, 2.75) is 31.6 Å². The molecule has 3 rings (SSSR count). The Morgan fingerprint density at radius 3 is 2.30 bits per heavy atom. The summed E-state index contributed by atoms with van der Waals surface area (Å²) in [5.41, 5.74) is 0.312. The van der Waals surface area contributed by atoms with Crippen LogP contribution in [0.25, 0.3) is 0 Å². The van der Waals surface area contributed by atoms with E-state index in [-0.39, 0.29) is 16.7 Å². The van der Waals surface area contributed by atoms with Gasteiger partial charge in [0, 0.05) is 45.2 Å². The smallest absolute Gasteiger partial charge is 0.243 e. The maximum Gasteiger partial charge on any atom is 0.243 e. The van der Waals surface area contributed by atoms with Crippen LogP contribution in [0.4, 0.5) is 4.39 Å². The number of piperidine rings is 1. The van der Waals surface area contributed by atoms with Gasteiger partial charge in [-0.05, 0) is 50.1 Å². The lowest BCUT2D eigenvalue weighted by Gasteiger charge is -2.38. The predicted octanol–water partition coefficient (Wildman–Crippen LogP) is 1.70. The van der Waals surface area contributed by atoms with Crippen LogP contribution in [0.2, 0.25) is 0 Å². The second-order valence-electron chi connectivity index (χ2n) is 7.35. The van der Waals surface area contributed by atoms with Gasteiger partial charge in [-0.2, -0.15) is 4.31 Å². The van der Waals surface area contributed by atoms with E-state index in [1.54, 1.807) is 6.92 Å². The number of halogens is 1. The van der Waals surface area contributed by atoms with Crippen LogP contribution in [0.15, 0.2) is 23.1 Å². The summed E-state index contributed by atoms with van der Waals surface area (Å²) in [7, 11) is -3.65. The van der Waals surface area contributed by atoms with Crippen LogP contribution in [0, 0.1) is 18.7 Å². The van der Waals surface area contributed by atoms with Crippen molar-refractivity contribution in [3.8, 4) is 0 Å². The van der Waals surface area contributed by atoms with E-state index in [0.717, 1.165) is 32.7 Å². The van der Waals surface area contributed by atoms with Gasteiger partial charge in [-0.25, -0.2) is 12.8 Å². The summed E-state index contributed by atoms with van der Waals surface area (Å²) in [6.45, 7) is 8.63. The van der Waals surface area contributed by atoms with Gasteiger partial charge in [0.1, 0.15) is 5.82 Å². The summed E-state index contributed by atoms with van der Waals surface area (Å²) >= 11 is 0. The third kappa shape index (κ3) is 4.33. The van der Waals surface area contributed by atoms with Gasteiger partial charge in [0.05, 0.1) is 4.90 Å². The minimum absolute atomic E-state index is 0.111. The van der Waals surface area contributed by atoms with E-state index in [1.807, 2.05) is 4.90 Å². The topological polar surface area (TPSA) is 60.9 Å². The van der Waals surface area contributed by atoms with Gasteiger partial charge in [0.15, 0.2) is 0 Å². The van der Waals surface area contributed by atoms with E-state index >= 15 is 0 Å². The molecule has 1 amide bonds. The molecule has 0 bridgehead atoms. The van der Waals surface area contributed by atoms with Gasteiger partial charge >= 0.3 is 0 Å². The average Bonchev–Trinajstić information content (AvgIpc) is 2.69. The molecule has 8 heteroatoms. The highest BCUT2D eigenvalue weighted by molar-refractivity contribution is 7.89. The first-order valence-electron chi connectivity index (χ1n) is 9.60. The van der Waals surface area contributed by atoms with Gasteiger partial charge in [0.25, 0.3) is 0 Å². The molecule has 2 aliphatic heterocycles. The van der Waals surface area contributed by atoms with Crippen LogP contribution in [0.1, 0.15) is 25.3 Å². The molecule has 0 aliphatic carbocycles. The van der Waals surface area contributed by atoms with E-state index < -0.39 is 15.8 Å². The van der Waals surface area contributed by atoms with Crippen molar-refractivity contribution in [1.29, 1.82) is 0 Å². The summed E-state index contributed by atoms with van der Waals surface area (Å²) in [5, 5.41) is 0. The van der Waals surface area contributed by atoms with Crippen LogP contribution in [-0.4, -0.2) is 74.2 Å². The van der Waals surface area contributed by atoms with Crippen molar-refractivity contribution in [1.82, 2.24) is 14.1 Å². The molecule has 2 saturated heterocycles. The third-order valence-electron chi connectivity index (χ3n) is 5.70. The molecular weight excluding hydrogens is 369 g/mol. The van der Waals surface area contributed by atoms with Crippen molar-refractivity contribution in [3.05, 3.63) is 29.6 Å². The fraction of sp³-hybridized carbons (Fsp3) is 0.632. The number of rotatable bonds is 4. The Kier molecular flexibility index (Phi) is 6.18. The fourth-order valence-electron chi connectivity index (χ4n) is 3.81. The van der Waals surface area contributed by atoms with Gasteiger partial charge < -0.3 is 9.80 Å². The summed E-state index contributed by atoms with van der Waals surface area (Å²) in [4.78, 5) is 17.1. The average molecular weight is 398 g/mol. The maximum atomic E-state index is 13.4. The number of piperazine rings is 1. The minimum Gasteiger partial charge on any atom is -0.340 e. The number of hydrogen-bond donors (Lipinski definition) is 0. The summed E-state index contributed by atoms with van der Waals surface area (Å²) in [6.07, 6.45) is 1.07. The zero-order valence-electron chi connectivity index (χ0n) is 16.0. The highest BCUT2D eigenvalue weighted by Gasteiger charge is 2.34. The van der Waals surface area contributed by atoms with Crippen LogP contribution in [-0.2, 0) is 14.8 Å². The molecule has 2 fully saturated rings. The molecule has 0 aromatic heterocycles. The van der Waals surface area contributed by atoms with Crippen molar-refractivity contribution in [2.75, 3.05) is 45.8 Å². The Labute approximate surface area is 161 Å². The van der Waals surface area contributed by atoms with E-state index in [2.05, 4.69) is 11.8 Å². The molecule has 0 N–H and O–H groups in total. The molecule has 150 valence electrons. The molecule has 0 saturated carbocycles. The summed E-state index contributed by atoms with van der Waals surface area (Å²) in [5.74, 6) is -0.374. The molecule has 0 radical (unpaired) electrons. The van der Waals surface area contributed by atoms with Crippen LogP contribution < -0.4 is 0 Å². The molecule has 6 nitrogen and oxygen atoms in total. The van der Waals surface area contributed by atoms with Gasteiger partial charge in [-0.3, -0.25) is 4.79 Å². The van der Waals surface area contributed by atoms with E-state index in [9.17, 15) is 17.6 Å². The normalized spacial score (nSPS) is 20.8. The highest BCUT2D eigenvalue weighted by atomic mass is 32.2. The number of hydrogen-bond acceptors (Lipinski definition) is 4. The monoisotopic (exact) mass is 397 g/mol. The number of aryl methyl sites for hydroxylation is 1. The summed E-state index contributed by atoms with van der Waals surface area (Å²) in [6, 6.07) is 3.87. The quantitative estimate of drug-likeness (QED) is 0.776. The zero-order chi connectivity index (χ0) is 19.6. The molecule has 1 aromatic carbocycles. The maximum absolute atomic E-state index is 13.4. The number of likely N-dealkylation sites (N-methyl/N-ethyl adjacent to an activating group) is 1. The predicted molar refractivity (Wildman–Crippen MR) is 101 cm³/mol. The molecule has 0 spiro atoms. The first kappa shape index (κ1) is 20.2. The van der Waals surface area contributed by atoms with Crippen molar-refractivity contribution in [2.24, 2.45) is 5.92 Å². The second-order valence-corrected chi connectivity index (χ2v) is 9.29. The van der Waals surface area contributed by atoms with Crippen molar-refractivity contribution < 1.29 is 17.6 Å². The third-order valence-corrected chi connectivity index (χ3v) is 7.60. The lowest BCUT2D eigenvalue weighted by Crippen LogP contribution is -2.51. The molecule has 27 heavy (non-hydrogen) atoms. The van der Waals surface area contributed by atoms with Gasteiger partial charge in [-0.15, -0.1) is 0 Å². The number of sulfonamides is 1. The summed E-state index contributed by atoms with van der Waals surface area (Å²) < 4.78 is 40.5. The van der Waals surface area contributed by atoms with Gasteiger partial charge in [-0.1, -0.05) is 6.92 Å². The largest absolute Gasteiger partial charge is 0.340 e.